The Bertz CT molecular complexity index is 1240. The topological polar surface area (TPSA) is 172 Å². The number of carbonyl (C=O) groups is 5. The molecule has 2 aliphatic carbocycles. The molecule has 278 valence electrons. The van der Waals surface area contributed by atoms with E-state index in [0.29, 0.717) is 24.8 Å². The first-order chi connectivity index (χ1) is 23.1. The number of rotatable bonds is 18. The van der Waals surface area contributed by atoms with Crippen molar-refractivity contribution < 1.29 is 57.9 Å². The van der Waals surface area contributed by atoms with Crippen molar-refractivity contribution in [3.05, 3.63) is 11.1 Å². The van der Waals surface area contributed by atoms with Gasteiger partial charge in [0, 0.05) is 32.6 Å². The Morgan fingerprint density at radius 2 is 1.31 bits per heavy atom. The average molecular weight is 695 g/mol. The molecule has 12 heteroatoms. The van der Waals surface area contributed by atoms with Crippen molar-refractivity contribution in [2.75, 3.05) is 0 Å². The normalized spacial score (nSPS) is 32.1. The molecule has 0 spiro atoms. The third-order valence-electron chi connectivity index (χ3n) is 10.3. The SMILES string of the molecule is CCCCCCCC(=O)O[C@H]1[C@H]2C(=C(C)[C@@H]1OC(=O)CCCCCCC)[C@@H]1OC(=O)[C@@](C)(O)[C@@]1(O)[C@@H](OC(=O)CCC)C[C@]2(C)OC(C)=O. The number of unbranched alkanes of at least 4 members (excludes halogenated alkanes) is 8. The molecule has 1 saturated carbocycles. The van der Waals surface area contributed by atoms with Gasteiger partial charge in [-0.05, 0) is 51.2 Å². The smallest absolute Gasteiger partial charge is 0.341 e. The van der Waals surface area contributed by atoms with Crippen molar-refractivity contribution in [1.82, 2.24) is 0 Å². The van der Waals surface area contributed by atoms with E-state index in [9.17, 15) is 34.2 Å². The van der Waals surface area contributed by atoms with E-state index >= 15 is 0 Å². The molecule has 49 heavy (non-hydrogen) atoms. The first kappa shape index (κ1) is 40.4. The highest BCUT2D eigenvalue weighted by Crippen LogP contribution is 2.57. The van der Waals surface area contributed by atoms with E-state index in [1.807, 2.05) is 0 Å². The molecular formula is C37H58O12. The van der Waals surface area contributed by atoms with Gasteiger partial charge in [-0.2, -0.15) is 0 Å². The Labute approximate surface area is 290 Å². The van der Waals surface area contributed by atoms with Gasteiger partial charge in [0.1, 0.15) is 11.7 Å². The van der Waals surface area contributed by atoms with Crippen molar-refractivity contribution in [2.24, 2.45) is 5.92 Å². The highest BCUT2D eigenvalue weighted by Gasteiger charge is 2.76. The van der Waals surface area contributed by atoms with Gasteiger partial charge in [0.05, 0.1) is 5.92 Å². The summed E-state index contributed by atoms with van der Waals surface area (Å²) in [5.41, 5.74) is -6.28. The largest absolute Gasteiger partial charge is 0.459 e. The summed E-state index contributed by atoms with van der Waals surface area (Å²) in [5.74, 6) is -4.76. The van der Waals surface area contributed by atoms with Gasteiger partial charge >= 0.3 is 29.8 Å². The van der Waals surface area contributed by atoms with Gasteiger partial charge in [-0.25, -0.2) is 4.79 Å². The van der Waals surface area contributed by atoms with Crippen molar-refractivity contribution in [3.8, 4) is 0 Å². The second-order valence-electron chi connectivity index (χ2n) is 14.3. The maximum Gasteiger partial charge on any atom is 0.341 e. The van der Waals surface area contributed by atoms with Crippen LogP contribution in [0.15, 0.2) is 11.1 Å². The van der Waals surface area contributed by atoms with Crippen LogP contribution in [0, 0.1) is 5.92 Å². The van der Waals surface area contributed by atoms with E-state index in [-0.39, 0.29) is 24.8 Å². The lowest BCUT2D eigenvalue weighted by molar-refractivity contribution is -0.212. The Kier molecular flexibility index (Phi) is 14.3. The van der Waals surface area contributed by atoms with E-state index in [2.05, 4.69) is 13.8 Å². The second kappa shape index (κ2) is 17.3. The maximum absolute atomic E-state index is 13.4. The number of esters is 5. The van der Waals surface area contributed by atoms with Crippen LogP contribution < -0.4 is 0 Å². The first-order valence-electron chi connectivity index (χ1n) is 18.2. The minimum Gasteiger partial charge on any atom is -0.459 e. The molecule has 3 rings (SSSR count). The zero-order valence-electron chi connectivity index (χ0n) is 30.5. The Balaban J connectivity index is 2.14. The molecule has 0 unspecified atom stereocenters. The molecule has 0 amide bonds. The Morgan fingerprint density at radius 3 is 1.84 bits per heavy atom. The van der Waals surface area contributed by atoms with E-state index in [4.69, 9.17) is 23.7 Å². The summed E-state index contributed by atoms with van der Waals surface area (Å²) in [7, 11) is 0. The van der Waals surface area contributed by atoms with Crippen LogP contribution in [0.1, 0.15) is 145 Å². The number of carbonyl (C=O) groups excluding carboxylic acids is 5. The summed E-state index contributed by atoms with van der Waals surface area (Å²) in [6.07, 6.45) is 3.59. The fourth-order valence-corrected chi connectivity index (χ4v) is 7.65. The van der Waals surface area contributed by atoms with E-state index in [1.54, 1.807) is 20.8 Å². The van der Waals surface area contributed by atoms with Crippen LogP contribution >= 0.6 is 0 Å². The summed E-state index contributed by atoms with van der Waals surface area (Å²) in [6, 6.07) is 0. The highest BCUT2D eigenvalue weighted by atomic mass is 16.6. The second-order valence-corrected chi connectivity index (χ2v) is 14.3. The number of aliphatic hydroxyl groups is 2. The molecule has 8 atom stereocenters. The standard InChI is InChI=1S/C37H58O12/c1-8-11-13-15-17-20-27(40)46-31-23(4)29-30(32(31)47-28(41)21-18-16-14-12-9-2)35(6,49-24(5)38)22-25(45-26(39)19-10-3)37(44)33(29)48-34(42)36(37,7)43/h25,30-33,43-44H,8-22H2,1-7H3/t25-,30+,31-,32-,33-,35-,36+,37+/m0/s1. The lowest BCUT2D eigenvalue weighted by Crippen LogP contribution is -2.64. The van der Waals surface area contributed by atoms with E-state index in [0.717, 1.165) is 58.3 Å². The zero-order valence-corrected chi connectivity index (χ0v) is 30.5. The summed E-state index contributed by atoms with van der Waals surface area (Å²) < 4.78 is 29.6. The molecule has 12 nitrogen and oxygen atoms in total. The van der Waals surface area contributed by atoms with Crippen molar-refractivity contribution in [1.29, 1.82) is 0 Å². The van der Waals surface area contributed by atoms with Gasteiger partial charge < -0.3 is 33.9 Å². The Hall–Kier alpha value is -2.99. The fraction of sp³-hybridized carbons (Fsp3) is 0.811. The molecular weight excluding hydrogens is 636 g/mol. The van der Waals surface area contributed by atoms with Crippen LogP contribution in [0.5, 0.6) is 0 Å². The van der Waals surface area contributed by atoms with Gasteiger partial charge in [0.25, 0.3) is 0 Å². The molecule has 0 aromatic carbocycles. The third-order valence-corrected chi connectivity index (χ3v) is 10.3. The molecule has 1 saturated heterocycles. The van der Waals surface area contributed by atoms with E-state index in [1.165, 1.54) is 6.92 Å². The molecule has 3 aliphatic rings. The summed E-state index contributed by atoms with van der Waals surface area (Å²) in [4.78, 5) is 65.5. The van der Waals surface area contributed by atoms with Crippen LogP contribution in [-0.2, 0) is 47.7 Å². The van der Waals surface area contributed by atoms with Gasteiger partial charge in [0.2, 0.25) is 0 Å². The van der Waals surface area contributed by atoms with Crippen LogP contribution in [-0.4, -0.2) is 81.3 Å². The average Bonchev–Trinajstić information content (AvgIpc) is 3.35. The molecule has 1 heterocycles. The summed E-state index contributed by atoms with van der Waals surface area (Å²) >= 11 is 0. The maximum atomic E-state index is 13.4. The lowest BCUT2D eigenvalue weighted by Gasteiger charge is -2.41. The molecule has 0 aromatic heterocycles. The van der Waals surface area contributed by atoms with Crippen LogP contribution in [0.4, 0.5) is 0 Å². The summed E-state index contributed by atoms with van der Waals surface area (Å²) in [5, 5.41) is 24.0. The molecule has 2 fully saturated rings. The molecule has 2 N–H and O–H groups in total. The van der Waals surface area contributed by atoms with Crippen molar-refractivity contribution in [3.63, 3.8) is 0 Å². The Morgan fingerprint density at radius 1 is 0.776 bits per heavy atom. The quantitative estimate of drug-likeness (QED) is 0.0820. The van der Waals surface area contributed by atoms with Crippen molar-refractivity contribution >= 4 is 29.8 Å². The zero-order chi connectivity index (χ0) is 36.6. The predicted molar refractivity (Wildman–Crippen MR) is 178 cm³/mol. The monoisotopic (exact) mass is 694 g/mol. The molecule has 1 aliphatic heterocycles. The fourth-order valence-electron chi connectivity index (χ4n) is 7.65. The van der Waals surface area contributed by atoms with Crippen molar-refractivity contribution in [2.45, 2.75) is 186 Å². The minimum atomic E-state index is -2.56. The molecule has 0 radical (unpaired) electrons. The highest BCUT2D eigenvalue weighted by molar-refractivity contribution is 5.85. The minimum absolute atomic E-state index is 0.0153. The van der Waals surface area contributed by atoms with Gasteiger partial charge in [-0.1, -0.05) is 72.1 Å². The molecule has 0 bridgehead atoms. The van der Waals surface area contributed by atoms with Gasteiger partial charge in [-0.3, -0.25) is 19.2 Å². The van der Waals surface area contributed by atoms with Crippen LogP contribution in [0.2, 0.25) is 0 Å². The lowest BCUT2D eigenvalue weighted by atomic mass is 9.75. The van der Waals surface area contributed by atoms with Gasteiger partial charge in [0.15, 0.2) is 29.5 Å². The summed E-state index contributed by atoms with van der Waals surface area (Å²) in [6.45, 7) is 11.4. The number of ether oxygens (including phenoxy) is 5. The third kappa shape index (κ3) is 8.85. The van der Waals surface area contributed by atoms with E-state index < -0.39 is 83.4 Å². The molecule has 0 aromatic rings. The van der Waals surface area contributed by atoms with Crippen LogP contribution in [0.25, 0.3) is 0 Å². The number of fused-ring (bicyclic) bond motifs is 3. The predicted octanol–water partition coefficient (Wildman–Crippen LogP) is 5.32. The number of hydrogen-bond donors (Lipinski definition) is 2. The first-order valence-corrected chi connectivity index (χ1v) is 18.2. The van der Waals surface area contributed by atoms with Crippen LogP contribution in [0.3, 0.4) is 0 Å². The van der Waals surface area contributed by atoms with Gasteiger partial charge in [-0.15, -0.1) is 0 Å². The number of hydrogen-bond acceptors (Lipinski definition) is 12.